The van der Waals surface area contributed by atoms with Gasteiger partial charge in [-0.05, 0) is 48.5 Å². The number of rotatable bonds is 6. The van der Waals surface area contributed by atoms with Crippen molar-refractivity contribution in [3.8, 4) is 5.75 Å². The third-order valence-electron chi connectivity index (χ3n) is 3.48. The van der Waals surface area contributed by atoms with Crippen LogP contribution < -0.4 is 15.4 Å². The minimum absolute atomic E-state index is 0.00910. The molecule has 0 aliphatic rings. The molecule has 1 aromatic heterocycles. The van der Waals surface area contributed by atoms with E-state index in [-0.39, 0.29) is 17.3 Å². The summed E-state index contributed by atoms with van der Waals surface area (Å²) in [4.78, 5) is 18.9. The van der Waals surface area contributed by atoms with E-state index in [0.717, 1.165) is 6.20 Å². The van der Waals surface area contributed by atoms with Crippen LogP contribution in [-0.2, 0) is 0 Å². The zero-order valence-electron chi connectivity index (χ0n) is 13.7. The lowest BCUT2D eigenvalue weighted by Gasteiger charge is -2.10. The minimum atomic E-state index is -1.01. The average molecular weight is 354 g/mol. The normalized spacial score (nSPS) is 10.2. The van der Waals surface area contributed by atoms with Crippen LogP contribution in [-0.4, -0.2) is 28.2 Å². The second-order valence-corrected chi connectivity index (χ2v) is 5.25. The zero-order chi connectivity index (χ0) is 18.5. The smallest absolute Gasteiger partial charge is 0.335 e. The number of anilines is 4. The maximum absolute atomic E-state index is 14.0. The maximum atomic E-state index is 14.0. The minimum Gasteiger partial charge on any atom is -0.497 e. The maximum Gasteiger partial charge on any atom is 0.335 e. The van der Waals surface area contributed by atoms with Crippen molar-refractivity contribution in [3.05, 3.63) is 66.1 Å². The Hall–Kier alpha value is -3.68. The zero-order valence-corrected chi connectivity index (χ0v) is 13.7. The molecule has 0 aliphatic carbocycles. The molecular weight excluding hydrogens is 339 g/mol. The highest BCUT2D eigenvalue weighted by atomic mass is 19.1. The number of nitrogens with zero attached hydrogens (tertiary/aromatic N) is 2. The molecule has 0 aliphatic heterocycles. The first kappa shape index (κ1) is 17.2. The van der Waals surface area contributed by atoms with Crippen molar-refractivity contribution in [2.24, 2.45) is 0 Å². The van der Waals surface area contributed by atoms with Crippen molar-refractivity contribution in [1.82, 2.24) is 9.97 Å². The molecule has 3 N–H and O–H groups in total. The van der Waals surface area contributed by atoms with Crippen LogP contribution in [0.15, 0.2) is 54.7 Å². The van der Waals surface area contributed by atoms with Crippen LogP contribution in [0.2, 0.25) is 0 Å². The van der Waals surface area contributed by atoms with E-state index < -0.39 is 11.8 Å². The molecular formula is C18H15FN4O3. The van der Waals surface area contributed by atoms with Crippen LogP contribution in [0.3, 0.4) is 0 Å². The standard InChI is InChI=1S/C18H15FN4O3/c1-26-14-8-6-12(7-9-14)21-16-15(19)10-20-18(23-16)22-13-4-2-11(3-5-13)17(24)25/h2-10H,1H3,(H,24,25)(H2,20,21,22,23). The van der Waals surface area contributed by atoms with Gasteiger partial charge in [0.25, 0.3) is 0 Å². The molecule has 0 saturated heterocycles. The number of hydrogen-bond donors (Lipinski definition) is 3. The first-order chi connectivity index (χ1) is 12.5. The van der Waals surface area contributed by atoms with Gasteiger partial charge >= 0.3 is 5.97 Å². The summed E-state index contributed by atoms with van der Waals surface area (Å²) in [5, 5.41) is 14.7. The molecule has 26 heavy (non-hydrogen) atoms. The summed E-state index contributed by atoms with van der Waals surface area (Å²) in [6.45, 7) is 0. The largest absolute Gasteiger partial charge is 0.497 e. The monoisotopic (exact) mass is 354 g/mol. The number of aromatic nitrogens is 2. The number of aromatic carboxylic acids is 1. The van der Waals surface area contributed by atoms with E-state index in [4.69, 9.17) is 9.84 Å². The van der Waals surface area contributed by atoms with Crippen molar-refractivity contribution in [2.45, 2.75) is 0 Å². The summed E-state index contributed by atoms with van der Waals surface area (Å²) in [6.07, 6.45) is 1.05. The summed E-state index contributed by atoms with van der Waals surface area (Å²) < 4.78 is 19.1. The molecule has 3 rings (SSSR count). The molecule has 0 bridgehead atoms. The first-order valence-corrected chi connectivity index (χ1v) is 7.59. The molecule has 3 aromatic rings. The number of hydrogen-bond acceptors (Lipinski definition) is 6. The van der Waals surface area contributed by atoms with Crippen LogP contribution in [0.4, 0.5) is 27.5 Å². The van der Waals surface area contributed by atoms with Crippen molar-refractivity contribution < 1.29 is 19.0 Å². The Morgan fingerprint density at radius 1 is 1.04 bits per heavy atom. The first-order valence-electron chi connectivity index (χ1n) is 7.59. The van der Waals surface area contributed by atoms with E-state index in [1.165, 1.54) is 12.1 Å². The van der Waals surface area contributed by atoms with Gasteiger partial charge in [0, 0.05) is 11.4 Å². The molecule has 0 unspecified atom stereocenters. The summed E-state index contributed by atoms with van der Waals surface area (Å²) in [5.74, 6) is -0.751. The van der Waals surface area contributed by atoms with E-state index in [2.05, 4.69) is 20.6 Å². The Labute approximate surface area is 148 Å². The van der Waals surface area contributed by atoms with E-state index in [1.54, 1.807) is 43.5 Å². The fraction of sp³-hybridized carbons (Fsp3) is 0.0556. The predicted molar refractivity (Wildman–Crippen MR) is 95.0 cm³/mol. The Balaban J connectivity index is 1.77. The lowest BCUT2D eigenvalue weighted by atomic mass is 10.2. The van der Waals surface area contributed by atoms with Crippen LogP contribution in [0.1, 0.15) is 10.4 Å². The number of benzene rings is 2. The van der Waals surface area contributed by atoms with Crippen LogP contribution in [0.5, 0.6) is 5.75 Å². The Kier molecular flexibility index (Phi) is 4.93. The lowest BCUT2D eigenvalue weighted by molar-refractivity contribution is 0.0697. The molecule has 0 amide bonds. The van der Waals surface area contributed by atoms with Crippen molar-refractivity contribution in [1.29, 1.82) is 0 Å². The molecule has 7 nitrogen and oxygen atoms in total. The third kappa shape index (κ3) is 4.04. The van der Waals surface area contributed by atoms with E-state index in [0.29, 0.717) is 17.1 Å². The van der Waals surface area contributed by atoms with E-state index >= 15 is 0 Å². The highest BCUT2D eigenvalue weighted by Crippen LogP contribution is 2.22. The molecule has 0 spiro atoms. The van der Waals surface area contributed by atoms with Gasteiger partial charge < -0.3 is 20.5 Å². The number of carboxylic acid groups (broad SMARTS) is 1. The van der Waals surface area contributed by atoms with Gasteiger partial charge in [-0.25, -0.2) is 14.2 Å². The van der Waals surface area contributed by atoms with Gasteiger partial charge in [-0.1, -0.05) is 0 Å². The molecule has 1 heterocycles. The lowest BCUT2D eigenvalue weighted by Crippen LogP contribution is -2.03. The summed E-state index contributed by atoms with van der Waals surface area (Å²) >= 11 is 0. The van der Waals surface area contributed by atoms with Crippen molar-refractivity contribution in [2.75, 3.05) is 17.7 Å². The molecule has 8 heteroatoms. The highest BCUT2D eigenvalue weighted by molar-refractivity contribution is 5.88. The topological polar surface area (TPSA) is 96.4 Å². The number of methoxy groups -OCH3 is 1. The van der Waals surface area contributed by atoms with Crippen LogP contribution in [0, 0.1) is 5.82 Å². The molecule has 0 atom stereocenters. The van der Waals surface area contributed by atoms with Gasteiger partial charge in [0.15, 0.2) is 11.6 Å². The van der Waals surface area contributed by atoms with Gasteiger partial charge in [-0.15, -0.1) is 0 Å². The van der Waals surface area contributed by atoms with Gasteiger partial charge in [-0.2, -0.15) is 4.98 Å². The van der Waals surface area contributed by atoms with Crippen molar-refractivity contribution in [3.63, 3.8) is 0 Å². The number of halogens is 1. The summed E-state index contributed by atoms with van der Waals surface area (Å²) in [5.41, 5.74) is 1.38. The number of ether oxygens (including phenoxy) is 1. The second-order valence-electron chi connectivity index (χ2n) is 5.25. The van der Waals surface area contributed by atoms with E-state index in [9.17, 15) is 9.18 Å². The Morgan fingerprint density at radius 3 is 2.27 bits per heavy atom. The number of carbonyl (C=O) groups is 1. The molecule has 0 saturated carbocycles. The highest BCUT2D eigenvalue weighted by Gasteiger charge is 2.09. The second kappa shape index (κ2) is 7.47. The molecule has 132 valence electrons. The number of carboxylic acids is 1. The Morgan fingerprint density at radius 2 is 1.65 bits per heavy atom. The Bertz CT molecular complexity index is 915. The quantitative estimate of drug-likeness (QED) is 0.619. The average Bonchev–Trinajstić information content (AvgIpc) is 2.65. The predicted octanol–water partition coefficient (Wildman–Crippen LogP) is 3.81. The van der Waals surface area contributed by atoms with Gasteiger partial charge in [-0.3, -0.25) is 0 Å². The molecule has 0 radical (unpaired) electrons. The van der Waals surface area contributed by atoms with Crippen LogP contribution in [0.25, 0.3) is 0 Å². The molecule has 2 aromatic carbocycles. The SMILES string of the molecule is COc1ccc(Nc2nc(Nc3ccc(C(=O)O)cc3)ncc2F)cc1. The fourth-order valence-electron chi connectivity index (χ4n) is 2.15. The van der Waals surface area contributed by atoms with Gasteiger partial charge in [0.2, 0.25) is 5.95 Å². The van der Waals surface area contributed by atoms with Crippen LogP contribution >= 0.6 is 0 Å². The van der Waals surface area contributed by atoms with E-state index in [1.807, 2.05) is 0 Å². The molecule has 0 fully saturated rings. The fourth-order valence-corrected chi connectivity index (χ4v) is 2.15. The summed E-state index contributed by atoms with van der Waals surface area (Å²) in [6, 6.07) is 13.0. The van der Waals surface area contributed by atoms with Crippen molar-refractivity contribution >= 4 is 29.1 Å². The third-order valence-corrected chi connectivity index (χ3v) is 3.48. The van der Waals surface area contributed by atoms with Gasteiger partial charge in [0.05, 0.1) is 18.9 Å². The summed E-state index contributed by atoms with van der Waals surface area (Å²) in [7, 11) is 1.56. The number of nitrogens with one attached hydrogen (secondary N) is 2. The van der Waals surface area contributed by atoms with Gasteiger partial charge in [0.1, 0.15) is 5.75 Å².